The van der Waals surface area contributed by atoms with Gasteiger partial charge in [0.25, 0.3) is 0 Å². The summed E-state index contributed by atoms with van der Waals surface area (Å²) in [5, 5.41) is 11.9. The third kappa shape index (κ3) is 4.55. The van der Waals surface area contributed by atoms with Crippen molar-refractivity contribution in [2.24, 2.45) is 0 Å². The van der Waals surface area contributed by atoms with Crippen molar-refractivity contribution in [3.05, 3.63) is 115 Å². The zero-order chi connectivity index (χ0) is 31.9. The van der Waals surface area contributed by atoms with Gasteiger partial charge in [0.2, 0.25) is 5.78 Å². The number of aromatic nitrogens is 6. The number of halogens is 4. The van der Waals surface area contributed by atoms with E-state index in [-0.39, 0.29) is 29.3 Å². The summed E-state index contributed by atoms with van der Waals surface area (Å²) in [4.78, 5) is 28.5. The average Bonchev–Trinajstić information content (AvgIpc) is 3.60. The molecule has 0 bridgehead atoms. The summed E-state index contributed by atoms with van der Waals surface area (Å²) >= 11 is 25.9. The van der Waals surface area contributed by atoms with Crippen molar-refractivity contribution in [2.45, 2.75) is 38.8 Å². The van der Waals surface area contributed by atoms with Gasteiger partial charge in [0.1, 0.15) is 11.4 Å². The predicted octanol–water partition coefficient (Wildman–Crippen LogP) is 7.86. The molecule has 0 amide bonds. The van der Waals surface area contributed by atoms with Gasteiger partial charge in [0.05, 0.1) is 34.5 Å². The lowest BCUT2D eigenvalue weighted by atomic mass is 9.92. The number of fused-ring (bicyclic) bond motifs is 4. The van der Waals surface area contributed by atoms with E-state index >= 15 is 0 Å². The van der Waals surface area contributed by atoms with Gasteiger partial charge in [-0.05, 0) is 61.1 Å². The normalized spacial score (nSPS) is 17.9. The molecule has 0 radical (unpaired) electrons. The van der Waals surface area contributed by atoms with Crippen molar-refractivity contribution in [1.82, 2.24) is 29.2 Å². The Hall–Kier alpha value is -3.89. The van der Waals surface area contributed by atoms with Crippen LogP contribution in [-0.4, -0.2) is 48.1 Å². The number of nitrogens with zero attached hydrogens (tertiary/aromatic N) is 8. The molecule has 2 unspecified atom stereocenters. The number of anilines is 2. The van der Waals surface area contributed by atoms with Crippen LogP contribution >= 0.6 is 46.4 Å². The van der Waals surface area contributed by atoms with E-state index in [1.807, 2.05) is 24.3 Å². The van der Waals surface area contributed by atoms with Gasteiger partial charge in [0, 0.05) is 35.5 Å². The molecule has 0 fully saturated rings. The Morgan fingerprint density at radius 1 is 0.696 bits per heavy atom. The topological polar surface area (TPSA) is 83.9 Å². The Morgan fingerprint density at radius 2 is 1.13 bits per heavy atom. The number of rotatable bonds is 4. The third-order valence-corrected chi connectivity index (χ3v) is 10.3. The van der Waals surface area contributed by atoms with Crippen LogP contribution in [0.15, 0.2) is 61.2 Å². The molecule has 6 heterocycles. The molecule has 9 nitrogen and oxygen atoms in total. The lowest BCUT2D eigenvalue weighted by Gasteiger charge is -2.37. The zero-order valence-corrected chi connectivity index (χ0v) is 27.8. The van der Waals surface area contributed by atoms with Crippen molar-refractivity contribution < 1.29 is 4.79 Å². The minimum absolute atomic E-state index is 0.108. The van der Waals surface area contributed by atoms with E-state index in [1.165, 1.54) is 0 Å². The molecular formula is C33H26Cl4N8O. The Morgan fingerprint density at radius 3 is 1.57 bits per heavy atom. The molecule has 2 aliphatic heterocycles. The van der Waals surface area contributed by atoms with Crippen LogP contribution in [0.2, 0.25) is 20.1 Å². The summed E-state index contributed by atoms with van der Waals surface area (Å²) in [5.41, 5.74) is 7.10. The Kier molecular flexibility index (Phi) is 7.14. The summed E-state index contributed by atoms with van der Waals surface area (Å²) in [6.07, 6.45) is 7.85. The van der Waals surface area contributed by atoms with Gasteiger partial charge in [-0.1, -0.05) is 70.7 Å². The van der Waals surface area contributed by atoms with E-state index in [0.29, 0.717) is 58.6 Å². The van der Waals surface area contributed by atoms with E-state index in [4.69, 9.17) is 56.6 Å². The maximum absolute atomic E-state index is 14.9. The standard InChI is InChI=1S/C33H26Cl4N8O/c1-17-21-5-3-7-25(36)23(21)9-11-42(17)29-27(40-44-15-19(34)13-38-32(29)44)31(46)28-30(33-39-14-20(35)16-45(33)41-28)43-12-10-24-22(18(43)2)6-4-8-26(24)37/h3-8,13-18H,9-12H2,1-2H3. The van der Waals surface area contributed by atoms with Crippen LogP contribution in [0.25, 0.3) is 11.3 Å². The minimum atomic E-state index is -0.360. The molecule has 0 saturated heterocycles. The highest BCUT2D eigenvalue weighted by Gasteiger charge is 2.37. The van der Waals surface area contributed by atoms with Gasteiger partial charge < -0.3 is 9.80 Å². The van der Waals surface area contributed by atoms with Crippen LogP contribution in [0, 0.1) is 0 Å². The fourth-order valence-corrected chi connectivity index (χ4v) is 7.84. The summed E-state index contributed by atoms with van der Waals surface area (Å²) in [5.74, 6) is -0.360. The predicted molar refractivity (Wildman–Crippen MR) is 181 cm³/mol. The second-order valence-corrected chi connectivity index (χ2v) is 13.3. The number of ketones is 1. The van der Waals surface area contributed by atoms with E-state index in [2.05, 4.69) is 45.7 Å². The van der Waals surface area contributed by atoms with Gasteiger partial charge in [0.15, 0.2) is 22.7 Å². The smallest absolute Gasteiger partial charge is 0.237 e. The molecule has 4 aromatic heterocycles. The van der Waals surface area contributed by atoms with Gasteiger partial charge >= 0.3 is 0 Å². The Bertz CT molecular complexity index is 2060. The summed E-state index contributed by atoms with van der Waals surface area (Å²) in [6, 6.07) is 11.7. The molecule has 0 aliphatic carbocycles. The number of hydrogen-bond acceptors (Lipinski definition) is 7. The molecule has 0 saturated carbocycles. The van der Waals surface area contributed by atoms with Crippen LogP contribution in [0.5, 0.6) is 0 Å². The van der Waals surface area contributed by atoms with Gasteiger partial charge in [-0.15, -0.1) is 0 Å². The maximum atomic E-state index is 14.9. The number of benzene rings is 2. The third-order valence-electron chi connectivity index (χ3n) is 9.19. The SMILES string of the molecule is CC1c2cccc(Cl)c2CCN1c1c(C(=O)c2nn3cc(Cl)cnc3c2N2CCc3c(Cl)cccc3C2C)nn2cc(Cl)cnc12. The molecule has 2 aromatic carbocycles. The van der Waals surface area contributed by atoms with E-state index in [1.54, 1.807) is 33.8 Å². The molecule has 2 aliphatic rings. The molecule has 2 atom stereocenters. The highest BCUT2D eigenvalue weighted by Crippen LogP contribution is 2.43. The minimum Gasteiger partial charge on any atom is -0.359 e. The zero-order valence-electron chi connectivity index (χ0n) is 24.8. The molecule has 232 valence electrons. The van der Waals surface area contributed by atoms with E-state index in [0.717, 1.165) is 32.3 Å². The molecule has 8 rings (SSSR count). The van der Waals surface area contributed by atoms with Crippen LogP contribution in [0.3, 0.4) is 0 Å². The highest BCUT2D eigenvalue weighted by atomic mass is 35.5. The Labute approximate surface area is 284 Å². The summed E-state index contributed by atoms with van der Waals surface area (Å²) in [7, 11) is 0. The van der Waals surface area contributed by atoms with Gasteiger partial charge in [-0.2, -0.15) is 10.2 Å². The largest absolute Gasteiger partial charge is 0.359 e. The first-order valence-corrected chi connectivity index (χ1v) is 16.4. The lowest BCUT2D eigenvalue weighted by molar-refractivity contribution is 0.103. The first-order valence-electron chi connectivity index (χ1n) is 14.9. The highest BCUT2D eigenvalue weighted by molar-refractivity contribution is 6.32. The van der Waals surface area contributed by atoms with Crippen molar-refractivity contribution in [3.63, 3.8) is 0 Å². The van der Waals surface area contributed by atoms with Crippen molar-refractivity contribution in [1.29, 1.82) is 0 Å². The van der Waals surface area contributed by atoms with Crippen LogP contribution in [0.1, 0.15) is 64.4 Å². The first kappa shape index (κ1) is 29.5. The number of carbonyl (C=O) groups is 1. The number of carbonyl (C=O) groups excluding carboxylic acids is 1. The van der Waals surface area contributed by atoms with E-state index < -0.39 is 0 Å². The second kappa shape index (κ2) is 11.1. The first-order chi connectivity index (χ1) is 22.2. The maximum Gasteiger partial charge on any atom is 0.237 e. The average molecular weight is 692 g/mol. The molecule has 0 spiro atoms. The Balaban J connectivity index is 1.31. The quantitative estimate of drug-likeness (QED) is 0.174. The van der Waals surface area contributed by atoms with Crippen LogP contribution in [0.4, 0.5) is 11.4 Å². The fraction of sp³-hybridized carbons (Fsp3) is 0.242. The van der Waals surface area contributed by atoms with Crippen LogP contribution in [-0.2, 0) is 12.8 Å². The molecule has 13 heteroatoms. The lowest BCUT2D eigenvalue weighted by Crippen LogP contribution is -2.36. The van der Waals surface area contributed by atoms with E-state index in [9.17, 15) is 4.79 Å². The van der Waals surface area contributed by atoms with Gasteiger partial charge in [-0.25, -0.2) is 19.0 Å². The fourth-order valence-electron chi connectivity index (χ4n) is 7.01. The van der Waals surface area contributed by atoms with Gasteiger partial charge in [-0.3, -0.25) is 4.79 Å². The molecule has 46 heavy (non-hydrogen) atoms. The summed E-state index contributed by atoms with van der Waals surface area (Å²) < 4.78 is 3.13. The van der Waals surface area contributed by atoms with Crippen molar-refractivity contribution in [2.75, 3.05) is 22.9 Å². The van der Waals surface area contributed by atoms with Crippen LogP contribution < -0.4 is 9.80 Å². The number of hydrogen-bond donors (Lipinski definition) is 0. The monoisotopic (exact) mass is 690 g/mol. The van der Waals surface area contributed by atoms with Crippen molar-refractivity contribution in [3.8, 4) is 0 Å². The molecule has 0 N–H and O–H groups in total. The molecule has 6 aromatic rings. The molecular weight excluding hydrogens is 666 g/mol. The second-order valence-electron chi connectivity index (χ2n) is 11.7. The summed E-state index contributed by atoms with van der Waals surface area (Å²) in [6.45, 7) is 5.42. The van der Waals surface area contributed by atoms with Crippen molar-refractivity contribution >= 4 is 74.9 Å².